The zero-order chi connectivity index (χ0) is 15.7. The molecule has 0 heterocycles. The molecule has 0 aromatic heterocycles. The van der Waals surface area contributed by atoms with Crippen LogP contribution in [0, 0.1) is 18.8 Å². The van der Waals surface area contributed by atoms with Gasteiger partial charge in [-0.2, -0.15) is 0 Å². The van der Waals surface area contributed by atoms with E-state index in [1.54, 1.807) is 6.07 Å². The summed E-state index contributed by atoms with van der Waals surface area (Å²) in [7, 11) is 0. The minimum atomic E-state index is -0.120. The van der Waals surface area contributed by atoms with Crippen LogP contribution in [0.2, 0.25) is 0 Å². The summed E-state index contributed by atoms with van der Waals surface area (Å²) in [5.74, 6) is 5.73. The molecule has 1 rings (SSSR count). The molecular weight excluding hydrogens is 266 g/mol. The number of carbonyl (C=O) groups is 1. The van der Waals surface area contributed by atoms with Gasteiger partial charge in [0, 0.05) is 24.1 Å². The molecule has 114 valence electrons. The van der Waals surface area contributed by atoms with Crippen molar-refractivity contribution in [3.63, 3.8) is 0 Å². The molecule has 0 aliphatic rings. The van der Waals surface area contributed by atoms with E-state index in [-0.39, 0.29) is 18.6 Å². The fraction of sp³-hybridized carbons (Fsp3) is 0.471. The van der Waals surface area contributed by atoms with Gasteiger partial charge in [-0.25, -0.2) is 0 Å². The number of hydrogen-bond acceptors (Lipinski definition) is 3. The minimum Gasteiger partial charge on any atom is -0.395 e. The Kier molecular flexibility index (Phi) is 7.52. The predicted octanol–water partition coefficient (Wildman–Crippen LogP) is 1.88. The molecule has 0 spiro atoms. The van der Waals surface area contributed by atoms with Crippen LogP contribution in [0.25, 0.3) is 0 Å². The summed E-state index contributed by atoms with van der Waals surface area (Å²) >= 11 is 0. The van der Waals surface area contributed by atoms with Gasteiger partial charge in [0.1, 0.15) is 0 Å². The topological polar surface area (TPSA) is 58.6 Å². The molecule has 0 atom stereocenters. The molecule has 0 bridgehead atoms. The van der Waals surface area contributed by atoms with E-state index in [2.05, 4.69) is 17.2 Å². The van der Waals surface area contributed by atoms with Crippen LogP contribution < -0.4 is 5.32 Å². The third-order valence-electron chi connectivity index (χ3n) is 2.88. The maximum atomic E-state index is 12.1. The fourth-order valence-corrected chi connectivity index (χ4v) is 1.79. The maximum absolute atomic E-state index is 12.1. The number of aliphatic hydroxyl groups is 1. The molecule has 1 amide bonds. The van der Waals surface area contributed by atoms with Gasteiger partial charge in [0.05, 0.1) is 19.3 Å². The van der Waals surface area contributed by atoms with Gasteiger partial charge in [0.15, 0.2) is 0 Å². The monoisotopic (exact) mass is 289 g/mol. The molecule has 0 radical (unpaired) electrons. The average molecular weight is 289 g/mol. The Labute approximate surface area is 126 Å². The van der Waals surface area contributed by atoms with Gasteiger partial charge in [-0.3, -0.25) is 4.79 Å². The largest absolute Gasteiger partial charge is 0.395 e. The average Bonchev–Trinajstić information content (AvgIpc) is 2.45. The van der Waals surface area contributed by atoms with E-state index < -0.39 is 0 Å². The number of ether oxygens (including phenoxy) is 1. The number of rotatable bonds is 6. The third-order valence-corrected chi connectivity index (χ3v) is 2.88. The first kappa shape index (κ1) is 17.2. The van der Waals surface area contributed by atoms with Gasteiger partial charge in [0.2, 0.25) is 0 Å². The second-order valence-electron chi connectivity index (χ2n) is 4.93. The fourth-order valence-electron chi connectivity index (χ4n) is 1.79. The van der Waals surface area contributed by atoms with E-state index in [1.165, 1.54) is 0 Å². The van der Waals surface area contributed by atoms with Crippen LogP contribution in [0.4, 0.5) is 0 Å². The predicted molar refractivity (Wildman–Crippen MR) is 83.2 cm³/mol. The van der Waals surface area contributed by atoms with Gasteiger partial charge in [-0.05, 0) is 38.5 Å². The Balaban J connectivity index is 2.68. The van der Waals surface area contributed by atoms with Crippen molar-refractivity contribution in [3.05, 3.63) is 34.9 Å². The van der Waals surface area contributed by atoms with E-state index in [0.29, 0.717) is 25.1 Å². The highest BCUT2D eigenvalue weighted by Crippen LogP contribution is 2.12. The van der Waals surface area contributed by atoms with Gasteiger partial charge in [-0.15, -0.1) is 0 Å². The van der Waals surface area contributed by atoms with Crippen molar-refractivity contribution in [2.24, 2.45) is 0 Å². The number of carbonyl (C=O) groups excluding carboxylic acids is 1. The molecule has 1 aromatic rings. The van der Waals surface area contributed by atoms with Crippen molar-refractivity contribution in [3.8, 4) is 11.8 Å². The van der Waals surface area contributed by atoms with Crippen molar-refractivity contribution < 1.29 is 14.6 Å². The molecule has 0 fully saturated rings. The Morgan fingerprint density at radius 3 is 2.86 bits per heavy atom. The number of hydrogen-bond donors (Lipinski definition) is 2. The summed E-state index contributed by atoms with van der Waals surface area (Å²) in [4.78, 5) is 12.1. The second-order valence-corrected chi connectivity index (χ2v) is 4.93. The highest BCUT2D eigenvalue weighted by molar-refractivity contribution is 5.96. The molecule has 1 aromatic carbocycles. The Morgan fingerprint density at radius 1 is 1.43 bits per heavy atom. The normalized spacial score (nSPS) is 10.1. The van der Waals surface area contributed by atoms with Crippen molar-refractivity contribution in [2.45, 2.75) is 33.3 Å². The molecule has 0 saturated carbocycles. The summed E-state index contributed by atoms with van der Waals surface area (Å²) in [6, 6.07) is 5.47. The van der Waals surface area contributed by atoms with Crippen LogP contribution in [0.1, 0.15) is 41.8 Å². The van der Waals surface area contributed by atoms with Gasteiger partial charge >= 0.3 is 0 Å². The first-order chi connectivity index (χ1) is 10.1. The van der Waals surface area contributed by atoms with Crippen LogP contribution in [-0.4, -0.2) is 36.9 Å². The van der Waals surface area contributed by atoms with Gasteiger partial charge in [-0.1, -0.05) is 17.9 Å². The van der Waals surface area contributed by atoms with Crippen LogP contribution in [0.15, 0.2) is 18.2 Å². The third kappa shape index (κ3) is 5.99. The van der Waals surface area contributed by atoms with Crippen molar-refractivity contribution >= 4 is 5.91 Å². The highest BCUT2D eigenvalue weighted by atomic mass is 16.5. The Bertz CT molecular complexity index is 527. The van der Waals surface area contributed by atoms with E-state index in [4.69, 9.17) is 9.84 Å². The standard InChI is InChI=1S/C17H23NO3/c1-13(2)21-12-10-18-17(20)16-9-6-8-15(14(16)3)7-4-5-11-19/h6,8-9,13,19H,5,10-12H2,1-3H3,(H,18,20). The molecule has 21 heavy (non-hydrogen) atoms. The lowest BCUT2D eigenvalue weighted by atomic mass is 10.0. The van der Waals surface area contributed by atoms with E-state index in [1.807, 2.05) is 32.9 Å². The lowest BCUT2D eigenvalue weighted by molar-refractivity contribution is 0.0746. The molecule has 0 aliphatic heterocycles. The second kappa shape index (κ2) is 9.17. The minimum absolute atomic E-state index is 0.0437. The van der Waals surface area contributed by atoms with Gasteiger partial charge < -0.3 is 15.2 Å². The molecule has 2 N–H and O–H groups in total. The number of aliphatic hydroxyl groups excluding tert-OH is 1. The summed E-state index contributed by atoms with van der Waals surface area (Å²) < 4.78 is 5.39. The van der Waals surface area contributed by atoms with Crippen molar-refractivity contribution in [1.82, 2.24) is 5.32 Å². The first-order valence-electron chi connectivity index (χ1n) is 7.15. The quantitative estimate of drug-likeness (QED) is 0.621. The molecule has 4 nitrogen and oxygen atoms in total. The molecule has 0 aliphatic carbocycles. The van der Waals surface area contributed by atoms with Crippen LogP contribution in [0.3, 0.4) is 0 Å². The molecular formula is C17H23NO3. The lowest BCUT2D eigenvalue weighted by Crippen LogP contribution is -2.28. The van der Waals surface area contributed by atoms with E-state index in [9.17, 15) is 4.79 Å². The van der Waals surface area contributed by atoms with Crippen LogP contribution >= 0.6 is 0 Å². The number of nitrogens with one attached hydrogen (secondary N) is 1. The molecule has 0 saturated heterocycles. The summed E-state index contributed by atoms with van der Waals surface area (Å²) in [5.41, 5.74) is 2.29. The Hall–Kier alpha value is -1.83. The summed E-state index contributed by atoms with van der Waals surface area (Å²) in [6.45, 7) is 6.82. The van der Waals surface area contributed by atoms with E-state index >= 15 is 0 Å². The lowest BCUT2D eigenvalue weighted by Gasteiger charge is -2.10. The van der Waals surface area contributed by atoms with Crippen LogP contribution in [0.5, 0.6) is 0 Å². The maximum Gasteiger partial charge on any atom is 0.251 e. The van der Waals surface area contributed by atoms with Crippen molar-refractivity contribution in [1.29, 1.82) is 0 Å². The van der Waals surface area contributed by atoms with Crippen molar-refractivity contribution in [2.75, 3.05) is 19.8 Å². The Morgan fingerprint density at radius 2 is 2.19 bits per heavy atom. The van der Waals surface area contributed by atoms with E-state index in [0.717, 1.165) is 11.1 Å². The number of benzene rings is 1. The first-order valence-corrected chi connectivity index (χ1v) is 7.15. The number of amides is 1. The summed E-state index contributed by atoms with van der Waals surface area (Å²) in [6.07, 6.45) is 0.594. The zero-order valence-electron chi connectivity index (χ0n) is 12.9. The molecule has 0 unspecified atom stereocenters. The SMILES string of the molecule is Cc1c(C#CCCO)cccc1C(=O)NCCOC(C)C. The van der Waals surface area contributed by atoms with Gasteiger partial charge in [0.25, 0.3) is 5.91 Å². The zero-order valence-corrected chi connectivity index (χ0v) is 12.9. The summed E-state index contributed by atoms with van der Waals surface area (Å²) in [5, 5.41) is 11.6. The smallest absolute Gasteiger partial charge is 0.251 e. The van der Waals surface area contributed by atoms with Crippen LogP contribution in [-0.2, 0) is 4.74 Å². The molecule has 4 heteroatoms. The highest BCUT2D eigenvalue weighted by Gasteiger charge is 2.10.